The first kappa shape index (κ1) is 30.1. The van der Waals surface area contributed by atoms with E-state index in [4.69, 9.17) is 16.3 Å². The molecule has 3 heterocycles. The van der Waals surface area contributed by atoms with Crippen LogP contribution in [0.2, 0.25) is 5.28 Å². The first-order valence-electron chi connectivity index (χ1n) is 14.4. The molecule has 224 valence electrons. The largest absolute Gasteiger partial charge is 0.376 e. The van der Waals surface area contributed by atoms with Crippen molar-refractivity contribution in [3.63, 3.8) is 0 Å². The summed E-state index contributed by atoms with van der Waals surface area (Å²) in [6.45, 7) is 6.11. The summed E-state index contributed by atoms with van der Waals surface area (Å²) in [7, 11) is 0. The van der Waals surface area contributed by atoms with E-state index in [-0.39, 0.29) is 58.5 Å². The molecule has 3 atom stereocenters. The molecule has 0 saturated carbocycles. The highest BCUT2D eigenvalue weighted by atomic mass is 35.5. The van der Waals surface area contributed by atoms with E-state index in [2.05, 4.69) is 27.1 Å². The van der Waals surface area contributed by atoms with Crippen molar-refractivity contribution in [2.45, 2.75) is 63.8 Å². The molecule has 1 unspecified atom stereocenters. The monoisotopic (exact) mass is 600 g/mol. The Balaban J connectivity index is 1.51. The lowest BCUT2D eigenvalue weighted by Gasteiger charge is -2.49. The quantitative estimate of drug-likeness (QED) is 0.163. The number of anilines is 2. The maximum Gasteiger partial charge on any atom is 0.353 e. The topological polar surface area (TPSA) is 96.7 Å². The van der Waals surface area contributed by atoms with E-state index in [0.29, 0.717) is 32.7 Å². The molecule has 12 heteroatoms. The smallest absolute Gasteiger partial charge is 0.353 e. The first-order chi connectivity index (χ1) is 20.3. The van der Waals surface area contributed by atoms with Gasteiger partial charge in [-0.05, 0) is 72.7 Å². The molecule has 5 rings (SSSR count). The van der Waals surface area contributed by atoms with Crippen molar-refractivity contribution in [1.82, 2.24) is 14.9 Å². The van der Waals surface area contributed by atoms with Crippen molar-refractivity contribution in [3.8, 4) is 0 Å². The number of aromatic nitrogens is 2. The van der Waals surface area contributed by atoms with Crippen LogP contribution in [-0.4, -0.2) is 64.2 Å². The molecule has 9 nitrogen and oxygen atoms in total. The summed E-state index contributed by atoms with van der Waals surface area (Å²) in [4.78, 5) is 24.9. The van der Waals surface area contributed by atoms with Crippen LogP contribution in [0.15, 0.2) is 48.5 Å². The summed E-state index contributed by atoms with van der Waals surface area (Å²) < 4.78 is 33.5. The van der Waals surface area contributed by atoms with Gasteiger partial charge in [-0.25, -0.2) is 8.78 Å². The van der Waals surface area contributed by atoms with Crippen LogP contribution in [0.3, 0.4) is 0 Å². The van der Waals surface area contributed by atoms with Crippen molar-refractivity contribution < 1.29 is 18.4 Å². The zero-order valence-corrected chi connectivity index (χ0v) is 24.4. The molecule has 2 saturated heterocycles. The van der Waals surface area contributed by atoms with Gasteiger partial charge in [0.05, 0.1) is 17.1 Å². The molecule has 2 aliphatic rings. The zero-order valence-electron chi connectivity index (χ0n) is 23.7. The summed E-state index contributed by atoms with van der Waals surface area (Å²) in [5.41, 5.74) is 1.54. The molecule has 3 aromatic rings. The Hall–Kier alpha value is -3.41. The molecular formula is C30H35ClF2N6O3. The molecule has 0 radical (unpaired) electrons. The van der Waals surface area contributed by atoms with Crippen LogP contribution in [0.1, 0.15) is 56.7 Å². The second kappa shape index (κ2) is 13.3. The van der Waals surface area contributed by atoms with Gasteiger partial charge in [0.1, 0.15) is 11.6 Å². The standard InChI is InChI=1S/C30H35ClF2N6O3/c1-3-23-18-38(29-27(39(40)41)28(35-30(31)36-29)34-16-25-6-5-15-42-25)24(4-2)17-37(23)26(19-7-11-21(32)12-8-19)20-9-13-22(33)14-10-20/h7-14,23-26H,3-6,15-18H2,1-2H3,(H,34,35,36)/t23-,24+,25?/m1/s1. The number of halogens is 3. The number of nitrogens with one attached hydrogen (secondary N) is 1. The summed E-state index contributed by atoms with van der Waals surface area (Å²) >= 11 is 6.35. The van der Waals surface area contributed by atoms with E-state index < -0.39 is 4.92 Å². The highest BCUT2D eigenvalue weighted by Gasteiger charge is 2.41. The van der Waals surface area contributed by atoms with E-state index in [1.807, 2.05) is 11.8 Å². The van der Waals surface area contributed by atoms with E-state index >= 15 is 0 Å². The fourth-order valence-electron chi connectivity index (χ4n) is 6.05. The van der Waals surface area contributed by atoms with Crippen molar-refractivity contribution >= 4 is 28.9 Å². The Morgan fingerprint density at radius 2 is 1.64 bits per heavy atom. The number of ether oxygens (including phenoxy) is 1. The van der Waals surface area contributed by atoms with Gasteiger partial charge in [0.2, 0.25) is 16.9 Å². The van der Waals surface area contributed by atoms with Gasteiger partial charge >= 0.3 is 5.69 Å². The van der Waals surface area contributed by atoms with Gasteiger partial charge in [-0.15, -0.1) is 0 Å². The number of rotatable bonds is 10. The maximum atomic E-state index is 13.9. The molecule has 1 N–H and O–H groups in total. The van der Waals surface area contributed by atoms with Crippen LogP contribution in [0.4, 0.5) is 26.1 Å². The number of piperazine rings is 1. The molecule has 0 amide bonds. The third-order valence-electron chi connectivity index (χ3n) is 8.20. The van der Waals surface area contributed by atoms with Crippen LogP contribution in [0.5, 0.6) is 0 Å². The average Bonchev–Trinajstić information content (AvgIpc) is 3.51. The van der Waals surface area contributed by atoms with Crippen molar-refractivity contribution in [1.29, 1.82) is 0 Å². The zero-order chi connectivity index (χ0) is 29.8. The number of nitro groups is 1. The predicted molar refractivity (Wildman–Crippen MR) is 158 cm³/mol. The lowest BCUT2D eigenvalue weighted by Crippen LogP contribution is -2.59. The highest BCUT2D eigenvalue weighted by Crippen LogP contribution is 2.40. The summed E-state index contributed by atoms with van der Waals surface area (Å²) in [6.07, 6.45) is 3.16. The molecular weight excluding hydrogens is 566 g/mol. The molecule has 0 spiro atoms. The van der Waals surface area contributed by atoms with Crippen molar-refractivity contribution in [3.05, 3.63) is 86.7 Å². The Labute approximate surface area is 249 Å². The number of hydrogen-bond acceptors (Lipinski definition) is 8. The SMILES string of the molecule is CC[C@H]1CN(C(c2ccc(F)cc2)c2ccc(F)cc2)[C@H](CC)CN1c1nc(Cl)nc(NCC2CCCO2)c1[N+](=O)[O-]. The number of hydrogen-bond donors (Lipinski definition) is 1. The molecule has 1 aromatic heterocycles. The summed E-state index contributed by atoms with van der Waals surface area (Å²) in [5.74, 6) is -0.417. The third-order valence-corrected chi connectivity index (χ3v) is 8.37. The van der Waals surface area contributed by atoms with Gasteiger partial charge in [-0.3, -0.25) is 15.0 Å². The van der Waals surface area contributed by atoms with E-state index in [9.17, 15) is 18.9 Å². The van der Waals surface area contributed by atoms with E-state index in [1.54, 1.807) is 24.3 Å². The van der Waals surface area contributed by atoms with Gasteiger partial charge < -0.3 is 15.0 Å². The lowest BCUT2D eigenvalue weighted by atomic mass is 9.91. The second-order valence-electron chi connectivity index (χ2n) is 10.8. The Bertz CT molecular complexity index is 1330. The normalized spacial score (nSPS) is 21.2. The van der Waals surface area contributed by atoms with Gasteiger partial charge in [0.25, 0.3) is 0 Å². The second-order valence-corrected chi connectivity index (χ2v) is 11.1. The lowest BCUT2D eigenvalue weighted by molar-refractivity contribution is -0.383. The Kier molecular flexibility index (Phi) is 9.50. The van der Waals surface area contributed by atoms with Crippen LogP contribution in [-0.2, 0) is 4.74 Å². The molecule has 0 bridgehead atoms. The van der Waals surface area contributed by atoms with Crippen LogP contribution < -0.4 is 10.2 Å². The van der Waals surface area contributed by atoms with Gasteiger partial charge in [0.15, 0.2) is 0 Å². The third kappa shape index (κ3) is 6.48. The van der Waals surface area contributed by atoms with E-state index in [1.165, 1.54) is 24.3 Å². The van der Waals surface area contributed by atoms with Crippen LogP contribution >= 0.6 is 11.6 Å². The maximum absolute atomic E-state index is 13.9. The highest BCUT2D eigenvalue weighted by molar-refractivity contribution is 6.28. The first-order valence-corrected chi connectivity index (χ1v) is 14.8. The molecule has 2 aromatic carbocycles. The Morgan fingerprint density at radius 3 is 2.17 bits per heavy atom. The molecule has 42 heavy (non-hydrogen) atoms. The van der Waals surface area contributed by atoms with E-state index in [0.717, 1.165) is 30.4 Å². The minimum absolute atomic E-state index is 0.0481. The fraction of sp³-hybridized carbons (Fsp3) is 0.467. The Morgan fingerprint density at radius 1 is 1.02 bits per heavy atom. The van der Waals surface area contributed by atoms with Crippen molar-refractivity contribution in [2.75, 3.05) is 36.5 Å². The average molecular weight is 601 g/mol. The summed E-state index contributed by atoms with van der Waals surface area (Å²) in [5, 5.41) is 15.5. The predicted octanol–water partition coefficient (Wildman–Crippen LogP) is 6.38. The minimum Gasteiger partial charge on any atom is -0.376 e. The van der Waals surface area contributed by atoms with Gasteiger partial charge in [-0.1, -0.05) is 38.1 Å². The summed E-state index contributed by atoms with van der Waals surface area (Å²) in [6, 6.07) is 12.2. The van der Waals surface area contributed by atoms with Gasteiger partial charge in [0, 0.05) is 38.3 Å². The molecule has 2 fully saturated rings. The van der Waals surface area contributed by atoms with Crippen LogP contribution in [0, 0.1) is 21.7 Å². The number of nitrogens with zero attached hydrogens (tertiary/aromatic N) is 5. The number of benzene rings is 2. The van der Waals surface area contributed by atoms with Gasteiger partial charge in [-0.2, -0.15) is 9.97 Å². The molecule has 2 aliphatic heterocycles. The van der Waals surface area contributed by atoms with Crippen LogP contribution in [0.25, 0.3) is 0 Å². The minimum atomic E-state index is -0.455. The van der Waals surface area contributed by atoms with Crippen molar-refractivity contribution in [2.24, 2.45) is 0 Å². The molecule has 0 aliphatic carbocycles. The fourth-order valence-corrected chi connectivity index (χ4v) is 6.21.